The highest BCUT2D eigenvalue weighted by atomic mass is 32.2. The molecule has 0 bridgehead atoms. The number of nitrogens with one attached hydrogen (secondary N) is 1. The summed E-state index contributed by atoms with van der Waals surface area (Å²) in [5.74, 6) is -0.231. The molecule has 2 nitrogen and oxygen atoms in total. The van der Waals surface area contributed by atoms with Crippen molar-refractivity contribution in [3.8, 4) is 5.75 Å². The fraction of sp³-hybridized carbons (Fsp3) is 0.200. The van der Waals surface area contributed by atoms with Gasteiger partial charge in [-0.1, -0.05) is 18.2 Å². The first kappa shape index (κ1) is 15.6. The van der Waals surface area contributed by atoms with E-state index >= 15 is 0 Å². The lowest BCUT2D eigenvalue weighted by atomic mass is 10.2. The summed E-state index contributed by atoms with van der Waals surface area (Å²) in [6, 6.07) is 13.8. The summed E-state index contributed by atoms with van der Waals surface area (Å²) in [6.45, 7) is 0.532. The van der Waals surface area contributed by atoms with E-state index in [0.717, 1.165) is 5.56 Å². The number of ether oxygens (including phenoxy) is 1. The molecule has 21 heavy (non-hydrogen) atoms. The molecule has 2 aromatic rings. The first-order chi connectivity index (χ1) is 9.96. The molecule has 2 aromatic carbocycles. The average molecular weight is 313 g/mol. The Morgan fingerprint density at radius 1 is 1.10 bits per heavy atom. The van der Waals surface area contributed by atoms with Crippen LogP contribution in [0.4, 0.5) is 18.9 Å². The maximum atomic E-state index is 12.2. The van der Waals surface area contributed by atoms with Gasteiger partial charge in [0.25, 0.3) is 0 Å². The zero-order chi connectivity index (χ0) is 15.3. The SMILES string of the molecule is CSc1ccc(CNc2cccc(OC(F)(F)F)c2)cc1. The Morgan fingerprint density at radius 3 is 2.43 bits per heavy atom. The minimum absolute atomic E-state index is 0.231. The lowest BCUT2D eigenvalue weighted by Crippen LogP contribution is -2.17. The van der Waals surface area contributed by atoms with Crippen molar-refractivity contribution >= 4 is 17.4 Å². The summed E-state index contributed by atoms with van der Waals surface area (Å²) in [5, 5.41) is 3.07. The van der Waals surface area contributed by atoms with Crippen molar-refractivity contribution in [1.29, 1.82) is 0 Å². The van der Waals surface area contributed by atoms with Gasteiger partial charge in [-0.25, -0.2) is 0 Å². The van der Waals surface area contributed by atoms with Crippen LogP contribution in [-0.2, 0) is 6.54 Å². The number of rotatable bonds is 5. The third-order valence-electron chi connectivity index (χ3n) is 2.72. The lowest BCUT2D eigenvalue weighted by molar-refractivity contribution is -0.274. The predicted molar refractivity (Wildman–Crippen MR) is 78.7 cm³/mol. The van der Waals surface area contributed by atoms with Crippen LogP contribution in [0.5, 0.6) is 5.75 Å². The van der Waals surface area contributed by atoms with Crippen LogP contribution in [0.15, 0.2) is 53.4 Å². The largest absolute Gasteiger partial charge is 0.573 e. The summed E-state index contributed by atoms with van der Waals surface area (Å²) < 4.78 is 40.3. The molecular weight excluding hydrogens is 299 g/mol. The zero-order valence-corrected chi connectivity index (χ0v) is 12.1. The van der Waals surface area contributed by atoms with Gasteiger partial charge in [0.05, 0.1) is 0 Å². The molecule has 0 unspecified atom stereocenters. The third kappa shape index (κ3) is 5.23. The van der Waals surface area contributed by atoms with Gasteiger partial charge in [0, 0.05) is 23.2 Å². The normalized spacial score (nSPS) is 11.2. The fourth-order valence-electron chi connectivity index (χ4n) is 1.75. The molecule has 0 amide bonds. The molecule has 0 fully saturated rings. The minimum atomic E-state index is -4.67. The number of halogens is 3. The van der Waals surface area contributed by atoms with Crippen LogP contribution in [-0.4, -0.2) is 12.6 Å². The van der Waals surface area contributed by atoms with Crippen LogP contribution in [0.25, 0.3) is 0 Å². The molecule has 0 aliphatic carbocycles. The van der Waals surface area contributed by atoms with Gasteiger partial charge in [0.2, 0.25) is 0 Å². The second-order valence-corrected chi connectivity index (χ2v) is 5.16. The molecule has 0 heterocycles. The van der Waals surface area contributed by atoms with Gasteiger partial charge in [-0.05, 0) is 36.1 Å². The maximum Gasteiger partial charge on any atom is 0.573 e. The second kappa shape index (κ2) is 6.76. The van der Waals surface area contributed by atoms with E-state index in [1.807, 2.05) is 30.5 Å². The summed E-state index contributed by atoms with van der Waals surface area (Å²) in [5.41, 5.74) is 1.63. The number of hydrogen-bond acceptors (Lipinski definition) is 3. The highest BCUT2D eigenvalue weighted by Gasteiger charge is 2.31. The van der Waals surface area contributed by atoms with Gasteiger partial charge in [-0.2, -0.15) is 0 Å². The van der Waals surface area contributed by atoms with Crippen LogP contribution in [0.3, 0.4) is 0 Å². The Balaban J connectivity index is 1.97. The average Bonchev–Trinajstić information content (AvgIpc) is 2.44. The summed E-state index contributed by atoms with van der Waals surface area (Å²) >= 11 is 1.66. The van der Waals surface area contributed by atoms with E-state index in [1.165, 1.54) is 23.1 Å². The van der Waals surface area contributed by atoms with Gasteiger partial charge in [-0.3, -0.25) is 0 Å². The zero-order valence-electron chi connectivity index (χ0n) is 11.3. The number of alkyl halides is 3. The predicted octanol–water partition coefficient (Wildman–Crippen LogP) is 4.92. The van der Waals surface area contributed by atoms with Crippen molar-refractivity contribution in [1.82, 2.24) is 0 Å². The van der Waals surface area contributed by atoms with Gasteiger partial charge in [-0.15, -0.1) is 24.9 Å². The first-order valence-corrected chi connectivity index (χ1v) is 7.41. The molecular formula is C15H14F3NOS. The molecule has 0 aliphatic heterocycles. The van der Waals surface area contributed by atoms with Gasteiger partial charge in [0.1, 0.15) is 5.75 Å². The fourth-order valence-corrected chi connectivity index (χ4v) is 2.16. The van der Waals surface area contributed by atoms with Crippen LogP contribution < -0.4 is 10.1 Å². The van der Waals surface area contributed by atoms with E-state index in [-0.39, 0.29) is 5.75 Å². The van der Waals surface area contributed by atoms with Crippen molar-refractivity contribution in [3.63, 3.8) is 0 Å². The third-order valence-corrected chi connectivity index (χ3v) is 3.47. The molecule has 0 aliphatic rings. The molecule has 0 aromatic heterocycles. The summed E-state index contributed by atoms with van der Waals surface area (Å²) in [4.78, 5) is 1.17. The Bertz CT molecular complexity index is 584. The van der Waals surface area contributed by atoms with Crippen molar-refractivity contribution in [2.24, 2.45) is 0 Å². The molecule has 2 rings (SSSR count). The van der Waals surface area contributed by atoms with Crippen LogP contribution in [0.1, 0.15) is 5.56 Å². The molecule has 0 atom stereocenters. The van der Waals surface area contributed by atoms with Crippen molar-refractivity contribution in [2.45, 2.75) is 17.8 Å². The Labute approximate surface area is 125 Å². The molecule has 0 saturated carbocycles. The van der Waals surface area contributed by atoms with Crippen LogP contribution >= 0.6 is 11.8 Å². The Morgan fingerprint density at radius 2 is 1.81 bits per heavy atom. The van der Waals surface area contributed by atoms with E-state index < -0.39 is 6.36 Å². The van der Waals surface area contributed by atoms with E-state index in [4.69, 9.17) is 0 Å². The minimum Gasteiger partial charge on any atom is -0.406 e. The lowest BCUT2D eigenvalue weighted by Gasteiger charge is -2.11. The molecule has 6 heteroatoms. The Hall–Kier alpha value is -1.82. The topological polar surface area (TPSA) is 21.3 Å². The quantitative estimate of drug-likeness (QED) is 0.792. The molecule has 112 valence electrons. The molecule has 1 N–H and O–H groups in total. The van der Waals surface area contributed by atoms with Crippen molar-refractivity contribution in [2.75, 3.05) is 11.6 Å². The molecule has 0 saturated heterocycles. The number of thioether (sulfide) groups is 1. The van der Waals surface area contributed by atoms with E-state index in [2.05, 4.69) is 10.1 Å². The standard InChI is InChI=1S/C15H14F3NOS/c1-21-14-7-5-11(6-8-14)10-19-12-3-2-4-13(9-12)20-15(16,17)18/h2-9,19H,10H2,1H3. The van der Waals surface area contributed by atoms with Gasteiger partial charge >= 0.3 is 6.36 Å². The second-order valence-electron chi connectivity index (χ2n) is 4.28. The first-order valence-electron chi connectivity index (χ1n) is 6.19. The molecule has 0 spiro atoms. The van der Waals surface area contributed by atoms with Crippen molar-refractivity contribution in [3.05, 3.63) is 54.1 Å². The van der Waals surface area contributed by atoms with Crippen molar-refractivity contribution < 1.29 is 17.9 Å². The highest BCUT2D eigenvalue weighted by Crippen LogP contribution is 2.25. The maximum absolute atomic E-state index is 12.2. The van der Waals surface area contributed by atoms with Crippen LogP contribution in [0.2, 0.25) is 0 Å². The summed E-state index contributed by atoms with van der Waals surface area (Å²) in [6.07, 6.45) is -2.67. The summed E-state index contributed by atoms with van der Waals surface area (Å²) in [7, 11) is 0. The smallest absolute Gasteiger partial charge is 0.406 e. The number of hydrogen-bond donors (Lipinski definition) is 1. The van der Waals surface area contributed by atoms with E-state index in [1.54, 1.807) is 17.8 Å². The van der Waals surface area contributed by atoms with Gasteiger partial charge < -0.3 is 10.1 Å². The molecule has 0 radical (unpaired) electrons. The Kier molecular flexibility index (Phi) is 5.01. The number of benzene rings is 2. The van der Waals surface area contributed by atoms with Gasteiger partial charge in [0.15, 0.2) is 0 Å². The van der Waals surface area contributed by atoms with Crippen LogP contribution in [0, 0.1) is 0 Å². The monoisotopic (exact) mass is 313 g/mol. The number of anilines is 1. The van der Waals surface area contributed by atoms with E-state index in [0.29, 0.717) is 12.2 Å². The highest BCUT2D eigenvalue weighted by molar-refractivity contribution is 7.98. The van der Waals surface area contributed by atoms with E-state index in [9.17, 15) is 13.2 Å².